The largest absolute Gasteiger partial charge is 0.416 e. The Hall–Kier alpha value is -3.28. The molecular formula is C18H15F3N6O2S. The molecular weight excluding hydrogens is 421 g/mol. The summed E-state index contributed by atoms with van der Waals surface area (Å²) in [6.07, 6.45) is -1.83. The molecule has 8 nitrogen and oxygen atoms in total. The van der Waals surface area contributed by atoms with Crippen molar-refractivity contribution in [3.8, 4) is 17.3 Å². The van der Waals surface area contributed by atoms with Gasteiger partial charge in [0, 0.05) is 7.05 Å². The Kier molecular flexibility index (Phi) is 4.60. The van der Waals surface area contributed by atoms with Crippen LogP contribution in [0.4, 0.5) is 13.2 Å². The molecule has 0 bridgehead atoms. The van der Waals surface area contributed by atoms with Crippen molar-refractivity contribution in [2.24, 2.45) is 7.05 Å². The Bertz CT molecular complexity index is 1340. The molecule has 0 atom stereocenters. The molecule has 0 spiro atoms. The fraction of sp³-hybridized carbons (Fsp3) is 0.222. The van der Waals surface area contributed by atoms with Gasteiger partial charge in [-0.1, -0.05) is 6.92 Å². The van der Waals surface area contributed by atoms with Crippen LogP contribution in [0.3, 0.4) is 0 Å². The number of pyridine rings is 1. The fourth-order valence-electron chi connectivity index (χ4n) is 3.04. The van der Waals surface area contributed by atoms with Gasteiger partial charge in [0.2, 0.25) is 0 Å². The van der Waals surface area contributed by atoms with Crippen molar-refractivity contribution in [2.45, 2.75) is 18.0 Å². The number of rotatable bonds is 4. The van der Waals surface area contributed by atoms with E-state index in [9.17, 15) is 21.6 Å². The van der Waals surface area contributed by atoms with E-state index >= 15 is 0 Å². The molecule has 0 aliphatic heterocycles. The van der Waals surface area contributed by atoms with E-state index in [0.717, 1.165) is 12.1 Å². The van der Waals surface area contributed by atoms with Gasteiger partial charge >= 0.3 is 6.18 Å². The summed E-state index contributed by atoms with van der Waals surface area (Å²) in [6.45, 7) is 1.50. The van der Waals surface area contributed by atoms with Crippen LogP contribution in [-0.2, 0) is 23.1 Å². The maximum atomic E-state index is 13.1. The van der Waals surface area contributed by atoms with Crippen molar-refractivity contribution in [1.82, 2.24) is 29.3 Å². The lowest BCUT2D eigenvalue weighted by atomic mass is 10.2. The molecule has 4 rings (SSSR count). The summed E-state index contributed by atoms with van der Waals surface area (Å²) in [4.78, 5) is 12.5. The number of halogens is 3. The second-order valence-corrected chi connectivity index (χ2v) is 8.70. The number of sulfone groups is 1. The van der Waals surface area contributed by atoms with Gasteiger partial charge in [-0.3, -0.25) is 0 Å². The van der Waals surface area contributed by atoms with Gasteiger partial charge < -0.3 is 4.57 Å². The highest BCUT2D eigenvalue weighted by Gasteiger charge is 2.31. The minimum absolute atomic E-state index is 0.0251. The first-order chi connectivity index (χ1) is 14.1. The SMILES string of the molecule is CCS(=O)(=O)c1ccc(-n2cncn2)nc1-c1nc2cc(C(F)(F)F)ccc2n1C. The van der Waals surface area contributed by atoms with Gasteiger partial charge in [0.25, 0.3) is 0 Å². The second-order valence-electron chi connectivity index (χ2n) is 6.46. The van der Waals surface area contributed by atoms with Crippen LogP contribution >= 0.6 is 0 Å². The van der Waals surface area contributed by atoms with Crippen molar-refractivity contribution in [2.75, 3.05) is 5.75 Å². The summed E-state index contributed by atoms with van der Waals surface area (Å²) in [7, 11) is -2.10. The lowest BCUT2D eigenvalue weighted by Gasteiger charge is -2.11. The third kappa shape index (κ3) is 3.32. The average Bonchev–Trinajstić information content (AvgIpc) is 3.35. The zero-order chi connectivity index (χ0) is 21.7. The number of nitrogens with zero attached hydrogens (tertiary/aromatic N) is 6. The number of alkyl halides is 3. The molecule has 0 fully saturated rings. The minimum Gasteiger partial charge on any atom is -0.326 e. The zero-order valence-corrected chi connectivity index (χ0v) is 16.6. The Balaban J connectivity index is 1.99. The first-order valence-electron chi connectivity index (χ1n) is 8.74. The monoisotopic (exact) mass is 436 g/mol. The summed E-state index contributed by atoms with van der Waals surface area (Å²) in [5, 5.41) is 3.98. The predicted octanol–water partition coefficient (Wildman–Crippen LogP) is 3.03. The zero-order valence-electron chi connectivity index (χ0n) is 15.8. The van der Waals surface area contributed by atoms with Gasteiger partial charge in [0.05, 0.1) is 27.2 Å². The number of aromatic nitrogens is 6. The standard InChI is InChI=1S/C18H15F3N6O2S/c1-3-30(28,29)14-6-7-15(27-10-22-9-23-27)25-16(14)17-24-12-8-11(18(19,20)21)4-5-13(12)26(17)2/h4-10H,3H2,1-2H3. The van der Waals surface area contributed by atoms with Crippen LogP contribution < -0.4 is 0 Å². The van der Waals surface area contributed by atoms with Crippen LogP contribution in [0.2, 0.25) is 0 Å². The Morgan fingerprint density at radius 2 is 1.87 bits per heavy atom. The van der Waals surface area contributed by atoms with Gasteiger partial charge in [-0.05, 0) is 30.3 Å². The van der Waals surface area contributed by atoms with Gasteiger partial charge in [-0.2, -0.15) is 18.3 Å². The van der Waals surface area contributed by atoms with E-state index in [1.807, 2.05) is 0 Å². The normalized spacial score (nSPS) is 12.6. The van der Waals surface area contributed by atoms with E-state index in [1.54, 1.807) is 7.05 Å². The third-order valence-electron chi connectivity index (χ3n) is 4.63. The number of hydrogen-bond acceptors (Lipinski definition) is 6. The Morgan fingerprint density at radius 3 is 2.50 bits per heavy atom. The highest BCUT2D eigenvalue weighted by Crippen LogP contribution is 2.34. The molecule has 12 heteroatoms. The molecule has 3 heterocycles. The number of hydrogen-bond donors (Lipinski definition) is 0. The van der Waals surface area contributed by atoms with Crippen molar-refractivity contribution in [3.05, 3.63) is 48.5 Å². The Labute approximate surface area is 168 Å². The summed E-state index contributed by atoms with van der Waals surface area (Å²) in [6, 6.07) is 6.04. The van der Waals surface area contributed by atoms with Gasteiger partial charge in [-0.25, -0.2) is 28.1 Å². The molecule has 0 unspecified atom stereocenters. The summed E-state index contributed by atoms with van der Waals surface area (Å²) in [5.74, 6) is 0.242. The third-order valence-corrected chi connectivity index (χ3v) is 6.39. The van der Waals surface area contributed by atoms with E-state index in [1.165, 1.54) is 47.0 Å². The van der Waals surface area contributed by atoms with Crippen molar-refractivity contribution in [3.63, 3.8) is 0 Å². The van der Waals surface area contributed by atoms with E-state index in [0.29, 0.717) is 11.3 Å². The molecule has 0 amide bonds. The number of imidazole rings is 1. The van der Waals surface area contributed by atoms with Crippen LogP contribution in [0.1, 0.15) is 12.5 Å². The molecule has 0 aliphatic rings. The predicted molar refractivity (Wildman–Crippen MR) is 102 cm³/mol. The number of aryl methyl sites for hydroxylation is 1. The first-order valence-corrected chi connectivity index (χ1v) is 10.4. The summed E-state index contributed by atoms with van der Waals surface area (Å²) < 4.78 is 67.4. The molecule has 30 heavy (non-hydrogen) atoms. The topological polar surface area (TPSA) is 95.6 Å². The first kappa shape index (κ1) is 20.0. The number of fused-ring (bicyclic) bond motifs is 1. The summed E-state index contributed by atoms with van der Waals surface area (Å²) >= 11 is 0. The van der Waals surface area contributed by atoms with Crippen molar-refractivity contribution in [1.29, 1.82) is 0 Å². The van der Waals surface area contributed by atoms with E-state index in [2.05, 4.69) is 20.1 Å². The van der Waals surface area contributed by atoms with Gasteiger partial charge in [-0.15, -0.1) is 0 Å². The fourth-order valence-corrected chi connectivity index (χ4v) is 4.06. The van der Waals surface area contributed by atoms with Crippen LogP contribution in [0, 0.1) is 0 Å². The molecule has 0 saturated carbocycles. The Morgan fingerprint density at radius 1 is 1.10 bits per heavy atom. The van der Waals surface area contributed by atoms with Crippen molar-refractivity contribution >= 4 is 20.9 Å². The van der Waals surface area contributed by atoms with Gasteiger partial charge in [0.1, 0.15) is 18.3 Å². The smallest absolute Gasteiger partial charge is 0.326 e. The highest BCUT2D eigenvalue weighted by atomic mass is 32.2. The van der Waals surface area contributed by atoms with Crippen LogP contribution in [0.15, 0.2) is 47.9 Å². The second kappa shape index (κ2) is 6.90. The van der Waals surface area contributed by atoms with Gasteiger partial charge in [0.15, 0.2) is 21.5 Å². The van der Waals surface area contributed by atoms with Crippen LogP contribution in [-0.4, -0.2) is 43.5 Å². The van der Waals surface area contributed by atoms with Crippen LogP contribution in [0.25, 0.3) is 28.4 Å². The van der Waals surface area contributed by atoms with Crippen LogP contribution in [0.5, 0.6) is 0 Å². The highest BCUT2D eigenvalue weighted by molar-refractivity contribution is 7.91. The molecule has 1 aromatic carbocycles. The molecule has 0 N–H and O–H groups in total. The lowest BCUT2D eigenvalue weighted by molar-refractivity contribution is -0.137. The van der Waals surface area contributed by atoms with Crippen molar-refractivity contribution < 1.29 is 21.6 Å². The molecule has 3 aromatic heterocycles. The maximum absolute atomic E-state index is 13.1. The number of benzene rings is 1. The average molecular weight is 436 g/mol. The van der Waals surface area contributed by atoms with E-state index < -0.39 is 21.6 Å². The summed E-state index contributed by atoms with van der Waals surface area (Å²) in [5.41, 5.74) is -0.330. The molecule has 156 valence electrons. The van der Waals surface area contributed by atoms with E-state index in [-0.39, 0.29) is 27.7 Å². The molecule has 4 aromatic rings. The molecule has 0 radical (unpaired) electrons. The maximum Gasteiger partial charge on any atom is 0.416 e. The minimum atomic E-state index is -4.52. The van der Waals surface area contributed by atoms with E-state index in [4.69, 9.17) is 0 Å². The lowest BCUT2D eigenvalue weighted by Crippen LogP contribution is -2.10. The quantitative estimate of drug-likeness (QED) is 0.488. The molecule has 0 aliphatic carbocycles. The molecule has 0 saturated heterocycles.